The van der Waals surface area contributed by atoms with E-state index in [0.717, 1.165) is 49.1 Å². The van der Waals surface area contributed by atoms with Crippen molar-refractivity contribution in [2.45, 2.75) is 83.1 Å². The van der Waals surface area contributed by atoms with E-state index in [9.17, 15) is 4.79 Å². The van der Waals surface area contributed by atoms with E-state index in [1.807, 2.05) is 6.33 Å². The monoisotopic (exact) mass is 467 g/mol. The maximum atomic E-state index is 12.1. The smallest absolute Gasteiger partial charge is 0.220 e. The molecule has 2 saturated heterocycles. The first-order chi connectivity index (χ1) is 16.4. The van der Waals surface area contributed by atoms with Gasteiger partial charge in [0.15, 0.2) is 17.0 Å². The number of piperidine rings is 1. The van der Waals surface area contributed by atoms with E-state index in [1.54, 1.807) is 6.33 Å². The lowest BCUT2D eigenvalue weighted by Gasteiger charge is -2.62. The number of aromatic nitrogens is 4. The Hall–Kier alpha value is -2.26. The van der Waals surface area contributed by atoms with Crippen molar-refractivity contribution < 1.29 is 9.53 Å². The van der Waals surface area contributed by atoms with E-state index in [4.69, 9.17) is 10.5 Å². The van der Waals surface area contributed by atoms with Gasteiger partial charge in [-0.25, -0.2) is 15.0 Å². The summed E-state index contributed by atoms with van der Waals surface area (Å²) in [5.41, 5.74) is 7.30. The number of imidazole rings is 1. The van der Waals surface area contributed by atoms with Gasteiger partial charge in [-0.3, -0.25) is 9.36 Å². The van der Waals surface area contributed by atoms with Crippen LogP contribution in [0.2, 0.25) is 0 Å². The average Bonchev–Trinajstić information content (AvgIpc) is 3.27. The first-order valence-corrected chi connectivity index (χ1v) is 13.0. The molecule has 9 nitrogen and oxygen atoms in total. The minimum absolute atomic E-state index is 0.0686. The molecule has 2 aliphatic carbocycles. The average molecular weight is 468 g/mol. The van der Waals surface area contributed by atoms with Gasteiger partial charge in [0.25, 0.3) is 0 Å². The highest BCUT2D eigenvalue weighted by Gasteiger charge is 2.59. The van der Waals surface area contributed by atoms with E-state index in [2.05, 4.69) is 44.0 Å². The molecule has 4 fully saturated rings. The Labute approximate surface area is 200 Å². The minimum atomic E-state index is -0.143. The summed E-state index contributed by atoms with van der Waals surface area (Å²) >= 11 is 0. The molecule has 2 aromatic rings. The molecule has 0 bridgehead atoms. The van der Waals surface area contributed by atoms with Crippen LogP contribution in [0.15, 0.2) is 12.7 Å². The number of carbonyl (C=O) groups excluding carboxylic acids is 1. The van der Waals surface area contributed by atoms with Crippen molar-refractivity contribution in [3.63, 3.8) is 0 Å². The maximum Gasteiger partial charge on any atom is 0.220 e. The maximum absolute atomic E-state index is 12.1. The molecule has 2 aliphatic heterocycles. The quantitative estimate of drug-likeness (QED) is 0.632. The third-order valence-electron chi connectivity index (χ3n) is 9.66. The summed E-state index contributed by atoms with van der Waals surface area (Å²) in [5.74, 6) is 2.86. The Morgan fingerprint density at radius 3 is 2.88 bits per heavy atom. The van der Waals surface area contributed by atoms with E-state index >= 15 is 0 Å². The fourth-order valence-electron chi connectivity index (χ4n) is 7.93. The van der Waals surface area contributed by atoms with E-state index in [0.29, 0.717) is 43.3 Å². The number of carbonyl (C=O) groups is 1. The summed E-state index contributed by atoms with van der Waals surface area (Å²) in [4.78, 5) is 25.6. The Balaban J connectivity index is 1.24. The first-order valence-electron chi connectivity index (χ1n) is 13.0. The van der Waals surface area contributed by atoms with Crippen molar-refractivity contribution in [3.8, 4) is 0 Å². The molecule has 0 aromatic carbocycles. The van der Waals surface area contributed by atoms with E-state index in [1.165, 1.54) is 12.8 Å². The molecular formula is C25H37N7O2. The number of ether oxygens (including phenoxy) is 1. The lowest BCUT2D eigenvalue weighted by molar-refractivity contribution is -0.231. The number of nitrogens with zero attached hydrogens (tertiary/aromatic N) is 4. The standard InChI is InChI=1S/C25H37N7O2/c1-24-9-8-19(33)31-18(24)5-3-15-16(24)7-10-25(2)17(15)4-6-20(34-25)32-14-30-21-22(27-12-11-26)28-13-29-23(21)32/h13-18,20H,3-12,26H2,1-2H3,(H,31,33)(H,27,28,29)/t15-,16+,17+,18-,20+,24-,25+/m1/s1. The molecule has 184 valence electrons. The highest BCUT2D eigenvalue weighted by molar-refractivity contribution is 5.82. The van der Waals surface area contributed by atoms with Gasteiger partial charge in [0.05, 0.1) is 11.9 Å². The highest BCUT2D eigenvalue weighted by Crippen LogP contribution is 2.61. The molecule has 2 aromatic heterocycles. The lowest BCUT2D eigenvalue weighted by atomic mass is 9.48. The van der Waals surface area contributed by atoms with Gasteiger partial charge in [0.2, 0.25) is 5.91 Å². The number of hydrogen-bond donors (Lipinski definition) is 3. The molecule has 4 N–H and O–H groups in total. The van der Waals surface area contributed by atoms with Gasteiger partial charge < -0.3 is 21.1 Å². The van der Waals surface area contributed by atoms with Gasteiger partial charge in [-0.2, -0.15) is 0 Å². The molecule has 1 amide bonds. The third kappa shape index (κ3) is 3.34. The fourth-order valence-corrected chi connectivity index (χ4v) is 7.93. The van der Waals surface area contributed by atoms with Crippen molar-refractivity contribution in [2.24, 2.45) is 28.9 Å². The van der Waals surface area contributed by atoms with Crippen LogP contribution in [0.25, 0.3) is 11.2 Å². The molecule has 7 atom stereocenters. The molecular weight excluding hydrogens is 430 g/mol. The predicted molar refractivity (Wildman–Crippen MR) is 129 cm³/mol. The van der Waals surface area contributed by atoms with Crippen LogP contribution in [0.5, 0.6) is 0 Å². The summed E-state index contributed by atoms with van der Waals surface area (Å²) in [6, 6.07) is 0.343. The molecule has 2 saturated carbocycles. The van der Waals surface area contributed by atoms with Gasteiger partial charge >= 0.3 is 0 Å². The number of rotatable bonds is 4. The Bertz CT molecular complexity index is 1090. The van der Waals surface area contributed by atoms with Crippen LogP contribution in [-0.2, 0) is 9.53 Å². The lowest BCUT2D eigenvalue weighted by Crippen LogP contribution is -2.63. The zero-order valence-electron chi connectivity index (χ0n) is 20.3. The topological polar surface area (TPSA) is 120 Å². The second kappa shape index (κ2) is 8.16. The summed E-state index contributed by atoms with van der Waals surface area (Å²) in [6.07, 6.45) is 11.7. The normalized spacial score (nSPS) is 39.6. The number of fused-ring (bicyclic) bond motifs is 6. The minimum Gasteiger partial charge on any atom is -0.367 e. The van der Waals surface area contributed by atoms with Crippen LogP contribution in [0.4, 0.5) is 5.82 Å². The summed E-state index contributed by atoms with van der Waals surface area (Å²) in [5, 5.41) is 6.58. The third-order valence-corrected chi connectivity index (χ3v) is 9.66. The Morgan fingerprint density at radius 1 is 1.15 bits per heavy atom. The van der Waals surface area contributed by atoms with Crippen molar-refractivity contribution in [1.82, 2.24) is 24.8 Å². The van der Waals surface area contributed by atoms with Crippen LogP contribution in [0.1, 0.15) is 71.4 Å². The number of nitrogens with one attached hydrogen (secondary N) is 2. The van der Waals surface area contributed by atoms with Crippen molar-refractivity contribution in [1.29, 1.82) is 0 Å². The molecule has 6 rings (SSSR count). The van der Waals surface area contributed by atoms with Crippen LogP contribution in [-0.4, -0.2) is 50.2 Å². The second-order valence-electron chi connectivity index (χ2n) is 11.3. The largest absolute Gasteiger partial charge is 0.367 e. The fraction of sp³-hybridized carbons (Fsp3) is 0.760. The molecule has 9 heteroatoms. The van der Waals surface area contributed by atoms with Crippen molar-refractivity contribution in [2.75, 3.05) is 18.4 Å². The Kier molecular flexibility index (Phi) is 5.33. The van der Waals surface area contributed by atoms with Crippen LogP contribution < -0.4 is 16.4 Å². The van der Waals surface area contributed by atoms with Gasteiger partial charge in [-0.15, -0.1) is 0 Å². The van der Waals surface area contributed by atoms with Gasteiger partial charge in [-0.1, -0.05) is 6.92 Å². The first kappa shape index (κ1) is 22.2. The van der Waals surface area contributed by atoms with Gasteiger partial charge in [0.1, 0.15) is 12.6 Å². The molecule has 0 radical (unpaired) electrons. The SMILES string of the molecule is C[C@]12CCC(=O)N[C@@H]1CC[C@@H]1[C@@H]2CC[C@]2(C)O[C@H](n3cnc4c(NCCN)ncnc43)CC[C@@H]12. The summed E-state index contributed by atoms with van der Waals surface area (Å²) in [6.45, 7) is 5.95. The van der Waals surface area contributed by atoms with Crippen LogP contribution in [0, 0.1) is 23.2 Å². The summed E-state index contributed by atoms with van der Waals surface area (Å²) < 4.78 is 9.03. The molecule has 4 aliphatic rings. The second-order valence-corrected chi connectivity index (χ2v) is 11.3. The number of hydrogen-bond acceptors (Lipinski definition) is 7. The highest BCUT2D eigenvalue weighted by atomic mass is 16.5. The zero-order chi connectivity index (χ0) is 23.5. The zero-order valence-corrected chi connectivity index (χ0v) is 20.3. The number of nitrogens with two attached hydrogens (primary N) is 1. The van der Waals surface area contributed by atoms with Crippen LogP contribution in [0.3, 0.4) is 0 Å². The number of anilines is 1. The molecule has 0 unspecified atom stereocenters. The van der Waals surface area contributed by atoms with Gasteiger partial charge in [0, 0.05) is 25.6 Å². The number of amides is 1. The molecule has 34 heavy (non-hydrogen) atoms. The van der Waals surface area contributed by atoms with Crippen molar-refractivity contribution in [3.05, 3.63) is 12.7 Å². The van der Waals surface area contributed by atoms with E-state index < -0.39 is 0 Å². The molecule has 4 heterocycles. The molecule has 0 spiro atoms. The predicted octanol–water partition coefficient (Wildman–Crippen LogP) is 2.99. The van der Waals surface area contributed by atoms with E-state index in [-0.39, 0.29) is 23.2 Å². The summed E-state index contributed by atoms with van der Waals surface area (Å²) in [7, 11) is 0. The van der Waals surface area contributed by atoms with Gasteiger partial charge in [-0.05, 0) is 75.0 Å². The Morgan fingerprint density at radius 2 is 2.03 bits per heavy atom. The van der Waals surface area contributed by atoms with Crippen LogP contribution >= 0.6 is 0 Å². The van der Waals surface area contributed by atoms with Crippen molar-refractivity contribution >= 4 is 22.9 Å².